The summed E-state index contributed by atoms with van der Waals surface area (Å²) in [7, 11) is 0. The molecule has 3 aromatic carbocycles. The number of rotatable bonds is 5. The molecule has 0 fully saturated rings. The molecule has 0 radical (unpaired) electrons. The Hall–Kier alpha value is -3.40. The summed E-state index contributed by atoms with van der Waals surface area (Å²) in [6, 6.07) is 24.0. The minimum atomic E-state index is -0.241. The smallest absolute Gasteiger partial charge is 0.255 e. The number of benzene rings is 3. The zero-order valence-electron chi connectivity index (χ0n) is 15.4. The molecule has 2 N–H and O–H groups in total. The third-order valence-corrected chi connectivity index (χ3v) is 4.35. The second kappa shape index (κ2) is 8.32. The maximum absolute atomic E-state index is 12.8. The lowest BCUT2D eigenvalue weighted by atomic mass is 10.1. The van der Waals surface area contributed by atoms with Gasteiger partial charge in [0.05, 0.1) is 17.3 Å². The van der Waals surface area contributed by atoms with Gasteiger partial charge >= 0.3 is 0 Å². The maximum atomic E-state index is 12.8. The second-order valence-electron chi connectivity index (χ2n) is 6.48. The molecule has 4 heteroatoms. The number of para-hydroxylation sites is 1. The first-order valence-electron chi connectivity index (χ1n) is 8.87. The van der Waals surface area contributed by atoms with E-state index in [0.717, 1.165) is 11.1 Å². The molecule has 0 aromatic heterocycles. The number of carbonyl (C=O) groups is 2. The number of aryl methyl sites for hydroxylation is 1. The highest BCUT2D eigenvalue weighted by atomic mass is 16.2. The first-order chi connectivity index (χ1) is 13.0. The maximum Gasteiger partial charge on any atom is 0.255 e. The van der Waals surface area contributed by atoms with Crippen molar-refractivity contribution in [3.8, 4) is 0 Å². The Morgan fingerprint density at radius 2 is 1.52 bits per heavy atom. The van der Waals surface area contributed by atoms with E-state index in [4.69, 9.17) is 0 Å². The van der Waals surface area contributed by atoms with Crippen molar-refractivity contribution in [3.05, 3.63) is 101 Å². The summed E-state index contributed by atoms with van der Waals surface area (Å²) in [6.45, 7) is 3.87. The fourth-order valence-corrected chi connectivity index (χ4v) is 2.87. The molecule has 2 amide bonds. The van der Waals surface area contributed by atoms with Gasteiger partial charge in [0, 0.05) is 5.56 Å². The van der Waals surface area contributed by atoms with Crippen LogP contribution in [0.15, 0.2) is 78.9 Å². The van der Waals surface area contributed by atoms with Gasteiger partial charge in [-0.15, -0.1) is 0 Å². The minimum absolute atomic E-state index is 0.140. The molecular formula is C23H22N2O2. The highest BCUT2D eigenvalue weighted by Gasteiger charge is 2.16. The van der Waals surface area contributed by atoms with Crippen molar-refractivity contribution < 1.29 is 9.59 Å². The predicted octanol–water partition coefficient (Wildman–Crippen LogP) is 4.74. The summed E-state index contributed by atoms with van der Waals surface area (Å²) in [6.07, 6.45) is 0. The van der Waals surface area contributed by atoms with Crippen molar-refractivity contribution in [2.45, 2.75) is 19.9 Å². The fraction of sp³-hybridized carbons (Fsp3) is 0.130. The molecule has 3 aromatic rings. The van der Waals surface area contributed by atoms with E-state index in [1.165, 1.54) is 0 Å². The lowest BCUT2D eigenvalue weighted by Gasteiger charge is -2.16. The zero-order chi connectivity index (χ0) is 19.2. The van der Waals surface area contributed by atoms with E-state index in [0.29, 0.717) is 16.8 Å². The Bertz CT molecular complexity index is 951. The largest absolute Gasteiger partial charge is 0.345 e. The van der Waals surface area contributed by atoms with Gasteiger partial charge in [0.1, 0.15) is 0 Å². The van der Waals surface area contributed by atoms with E-state index in [1.54, 1.807) is 30.3 Å². The van der Waals surface area contributed by atoms with Crippen LogP contribution in [-0.2, 0) is 0 Å². The monoisotopic (exact) mass is 358 g/mol. The van der Waals surface area contributed by atoms with E-state index in [-0.39, 0.29) is 17.9 Å². The van der Waals surface area contributed by atoms with Crippen LogP contribution in [-0.4, -0.2) is 11.8 Å². The van der Waals surface area contributed by atoms with Gasteiger partial charge in [-0.2, -0.15) is 0 Å². The van der Waals surface area contributed by atoms with Crippen LogP contribution in [0.4, 0.5) is 5.69 Å². The highest BCUT2D eigenvalue weighted by Crippen LogP contribution is 2.19. The number of carbonyl (C=O) groups excluding carboxylic acids is 2. The van der Waals surface area contributed by atoms with Crippen LogP contribution in [0.5, 0.6) is 0 Å². The van der Waals surface area contributed by atoms with E-state index in [2.05, 4.69) is 10.6 Å². The first kappa shape index (κ1) is 18.4. The van der Waals surface area contributed by atoms with Crippen LogP contribution in [0.25, 0.3) is 0 Å². The predicted molar refractivity (Wildman–Crippen MR) is 108 cm³/mol. The summed E-state index contributed by atoms with van der Waals surface area (Å²) in [5.74, 6) is -0.471. The van der Waals surface area contributed by atoms with Crippen LogP contribution in [0.3, 0.4) is 0 Å². The zero-order valence-corrected chi connectivity index (χ0v) is 15.4. The molecular weight excluding hydrogens is 336 g/mol. The Kier molecular flexibility index (Phi) is 5.67. The van der Waals surface area contributed by atoms with Crippen LogP contribution in [0, 0.1) is 6.92 Å². The van der Waals surface area contributed by atoms with Gasteiger partial charge in [-0.05, 0) is 43.7 Å². The molecule has 0 aliphatic rings. The number of hydrogen-bond donors (Lipinski definition) is 2. The van der Waals surface area contributed by atoms with E-state index in [1.807, 2.05) is 62.4 Å². The van der Waals surface area contributed by atoms with E-state index in [9.17, 15) is 9.59 Å². The van der Waals surface area contributed by atoms with E-state index < -0.39 is 0 Å². The number of hydrogen-bond acceptors (Lipinski definition) is 2. The molecule has 0 aliphatic heterocycles. The Morgan fingerprint density at radius 3 is 2.26 bits per heavy atom. The molecule has 1 atom stereocenters. The van der Waals surface area contributed by atoms with Crippen molar-refractivity contribution >= 4 is 17.5 Å². The number of nitrogens with one attached hydrogen (secondary N) is 2. The molecule has 3 rings (SSSR count). The molecule has 0 bridgehead atoms. The van der Waals surface area contributed by atoms with Gasteiger partial charge in [0.2, 0.25) is 0 Å². The highest BCUT2D eigenvalue weighted by molar-refractivity contribution is 6.09. The topological polar surface area (TPSA) is 58.2 Å². The van der Waals surface area contributed by atoms with E-state index >= 15 is 0 Å². The van der Waals surface area contributed by atoms with Gasteiger partial charge in [-0.3, -0.25) is 9.59 Å². The number of anilines is 1. The lowest BCUT2D eigenvalue weighted by molar-refractivity contribution is 0.0941. The van der Waals surface area contributed by atoms with Crippen molar-refractivity contribution in [1.29, 1.82) is 0 Å². The summed E-state index contributed by atoms with van der Waals surface area (Å²) in [5.41, 5.74) is 3.50. The van der Waals surface area contributed by atoms with Crippen LogP contribution >= 0.6 is 0 Å². The SMILES string of the molecule is Cc1cccc(C(=O)Nc2ccccc2C(=O)N[C@@H](C)c2ccccc2)c1. The summed E-state index contributed by atoms with van der Waals surface area (Å²) < 4.78 is 0. The van der Waals surface area contributed by atoms with Crippen LogP contribution in [0.1, 0.15) is 44.8 Å². The molecule has 0 unspecified atom stereocenters. The molecule has 0 saturated carbocycles. The first-order valence-corrected chi connectivity index (χ1v) is 8.87. The standard InChI is InChI=1S/C23H22N2O2/c1-16-9-8-12-19(15-16)22(26)25-21-14-7-6-13-20(21)23(27)24-17(2)18-10-4-3-5-11-18/h3-15,17H,1-2H3,(H,24,27)(H,25,26)/t17-/m0/s1. The molecule has 0 spiro atoms. The molecule has 136 valence electrons. The van der Waals surface area contributed by atoms with Gasteiger partial charge in [-0.25, -0.2) is 0 Å². The number of amides is 2. The normalized spacial score (nSPS) is 11.5. The Balaban J connectivity index is 1.77. The third kappa shape index (κ3) is 4.61. The average Bonchev–Trinajstić information content (AvgIpc) is 2.69. The quantitative estimate of drug-likeness (QED) is 0.692. The third-order valence-electron chi connectivity index (χ3n) is 4.35. The van der Waals surface area contributed by atoms with Crippen molar-refractivity contribution in [2.24, 2.45) is 0 Å². The van der Waals surface area contributed by atoms with Gasteiger partial charge < -0.3 is 10.6 Å². The van der Waals surface area contributed by atoms with Crippen LogP contribution < -0.4 is 10.6 Å². The summed E-state index contributed by atoms with van der Waals surface area (Å²) in [4.78, 5) is 25.3. The molecule has 0 heterocycles. The van der Waals surface area contributed by atoms with Crippen LogP contribution in [0.2, 0.25) is 0 Å². The second-order valence-corrected chi connectivity index (χ2v) is 6.48. The lowest BCUT2D eigenvalue weighted by Crippen LogP contribution is -2.28. The van der Waals surface area contributed by atoms with Crippen molar-refractivity contribution in [1.82, 2.24) is 5.32 Å². The molecule has 0 saturated heterocycles. The fourth-order valence-electron chi connectivity index (χ4n) is 2.87. The van der Waals surface area contributed by atoms with Crippen molar-refractivity contribution in [2.75, 3.05) is 5.32 Å². The Morgan fingerprint density at radius 1 is 0.815 bits per heavy atom. The minimum Gasteiger partial charge on any atom is -0.345 e. The molecule has 27 heavy (non-hydrogen) atoms. The Labute approximate surface area is 159 Å². The molecule has 4 nitrogen and oxygen atoms in total. The van der Waals surface area contributed by atoms with Gasteiger partial charge in [0.25, 0.3) is 11.8 Å². The summed E-state index contributed by atoms with van der Waals surface area (Å²) >= 11 is 0. The molecule has 0 aliphatic carbocycles. The summed E-state index contributed by atoms with van der Waals surface area (Å²) in [5, 5.41) is 5.83. The average molecular weight is 358 g/mol. The van der Waals surface area contributed by atoms with Gasteiger partial charge in [0.15, 0.2) is 0 Å². The van der Waals surface area contributed by atoms with Crippen molar-refractivity contribution in [3.63, 3.8) is 0 Å². The van der Waals surface area contributed by atoms with Gasteiger partial charge in [-0.1, -0.05) is 60.2 Å².